The zero-order valence-corrected chi connectivity index (χ0v) is 19.1. The SMILES string of the molecule is CO[C@]12SC(c3ccccn3)=NC1=C1C(=C3c4ccccc4S[C@@]32C)C(F)(F)C(F)(F)C1(F)F. The van der Waals surface area contributed by atoms with Gasteiger partial charge in [-0.15, -0.1) is 11.8 Å². The average molecular weight is 513 g/mol. The number of ether oxygens (including phenoxy) is 1. The maximum Gasteiger partial charge on any atom is 0.380 e. The quantitative estimate of drug-likeness (QED) is 0.435. The first kappa shape index (κ1) is 22.2. The number of rotatable bonds is 2. The molecule has 0 radical (unpaired) electrons. The molecule has 2 atom stereocenters. The molecule has 0 spiro atoms. The van der Waals surface area contributed by atoms with E-state index < -0.39 is 44.3 Å². The average Bonchev–Trinajstić information content (AvgIpc) is 3.37. The van der Waals surface area contributed by atoms with Gasteiger partial charge >= 0.3 is 17.8 Å². The van der Waals surface area contributed by atoms with E-state index in [1.165, 1.54) is 19.4 Å². The van der Waals surface area contributed by atoms with Crippen LogP contribution in [0.5, 0.6) is 0 Å². The van der Waals surface area contributed by atoms with Gasteiger partial charge in [0.25, 0.3) is 0 Å². The number of nitrogens with zero attached hydrogens (tertiary/aromatic N) is 2. The highest BCUT2D eigenvalue weighted by Crippen LogP contribution is 2.75. The van der Waals surface area contributed by atoms with Gasteiger partial charge in [0.15, 0.2) is 4.93 Å². The van der Waals surface area contributed by atoms with Crippen molar-refractivity contribution in [3.05, 3.63) is 76.8 Å². The molecule has 2 aliphatic heterocycles. The summed E-state index contributed by atoms with van der Waals surface area (Å²) < 4.78 is 95.2. The van der Waals surface area contributed by atoms with Crippen LogP contribution < -0.4 is 0 Å². The molecule has 4 aliphatic rings. The van der Waals surface area contributed by atoms with Crippen LogP contribution in [0.3, 0.4) is 0 Å². The van der Waals surface area contributed by atoms with Crippen LogP contribution in [0.2, 0.25) is 0 Å². The van der Waals surface area contributed by atoms with Crippen LogP contribution in [0.1, 0.15) is 18.2 Å². The molecule has 2 aliphatic carbocycles. The lowest BCUT2D eigenvalue weighted by molar-refractivity contribution is -0.258. The molecule has 1 saturated carbocycles. The van der Waals surface area contributed by atoms with Gasteiger partial charge in [-0.1, -0.05) is 36.0 Å². The predicted molar refractivity (Wildman–Crippen MR) is 118 cm³/mol. The molecule has 0 bridgehead atoms. The molecule has 3 heterocycles. The van der Waals surface area contributed by atoms with Crippen LogP contribution in [-0.4, -0.2) is 44.6 Å². The zero-order chi connectivity index (χ0) is 24.3. The summed E-state index contributed by atoms with van der Waals surface area (Å²) in [6, 6.07) is 11.2. The molecular weight excluding hydrogens is 498 g/mol. The standard InChI is InChI=1S/C23H14F6N2OS2/c1-19-14(11-7-3-4-9-13(11)33-19)15-16(21(26,27)23(28,29)20(15,24)25)17-22(19,32-2)34-18(31-17)12-8-5-6-10-30-12/h3-10H,1-2H3/t19-,22-/m0/s1. The van der Waals surface area contributed by atoms with Crippen molar-refractivity contribution in [1.82, 2.24) is 4.98 Å². The fraction of sp³-hybridized carbons (Fsp3) is 0.304. The number of aliphatic imine (C=N–C) groups is 1. The van der Waals surface area contributed by atoms with E-state index in [9.17, 15) is 8.78 Å². The topological polar surface area (TPSA) is 34.5 Å². The third-order valence-corrected chi connectivity index (χ3v) is 9.82. The number of halogens is 6. The Balaban J connectivity index is 1.77. The first-order chi connectivity index (χ1) is 15.9. The molecule has 0 saturated heterocycles. The summed E-state index contributed by atoms with van der Waals surface area (Å²) >= 11 is 2.03. The minimum Gasteiger partial charge on any atom is -0.359 e. The molecule has 6 rings (SSSR count). The van der Waals surface area contributed by atoms with E-state index in [0.717, 1.165) is 23.5 Å². The Kier molecular flexibility index (Phi) is 4.25. The number of benzene rings is 1. The van der Waals surface area contributed by atoms with Gasteiger partial charge in [0, 0.05) is 23.8 Å². The lowest BCUT2D eigenvalue weighted by Gasteiger charge is -2.46. The number of pyridine rings is 1. The van der Waals surface area contributed by atoms with Crippen molar-refractivity contribution in [3.63, 3.8) is 0 Å². The Labute approximate surface area is 198 Å². The van der Waals surface area contributed by atoms with E-state index in [2.05, 4.69) is 9.98 Å². The van der Waals surface area contributed by atoms with Crippen LogP contribution in [0.4, 0.5) is 26.3 Å². The second kappa shape index (κ2) is 6.50. The molecular formula is C23H14F6N2OS2. The largest absolute Gasteiger partial charge is 0.380 e. The van der Waals surface area contributed by atoms with E-state index >= 15 is 17.6 Å². The van der Waals surface area contributed by atoms with Crippen molar-refractivity contribution >= 4 is 34.1 Å². The molecule has 3 nitrogen and oxygen atoms in total. The smallest absolute Gasteiger partial charge is 0.359 e. The molecule has 0 amide bonds. The van der Waals surface area contributed by atoms with Gasteiger partial charge in [0.1, 0.15) is 5.04 Å². The molecule has 1 fully saturated rings. The number of methoxy groups -OCH3 is 1. The number of allylic oxidation sites excluding steroid dienone is 2. The van der Waals surface area contributed by atoms with Gasteiger partial charge < -0.3 is 4.74 Å². The highest BCUT2D eigenvalue weighted by atomic mass is 32.2. The minimum absolute atomic E-state index is 0.123. The Morgan fingerprint density at radius 1 is 0.824 bits per heavy atom. The van der Waals surface area contributed by atoms with Gasteiger partial charge in [0.2, 0.25) is 0 Å². The number of alkyl halides is 6. The third-order valence-electron chi connectivity index (χ3n) is 6.67. The van der Waals surface area contributed by atoms with Crippen molar-refractivity contribution in [1.29, 1.82) is 0 Å². The number of hydrogen-bond donors (Lipinski definition) is 0. The fourth-order valence-corrected chi connectivity index (χ4v) is 8.13. The third kappa shape index (κ3) is 2.24. The predicted octanol–water partition coefficient (Wildman–Crippen LogP) is 6.42. The molecule has 1 aromatic carbocycles. The summed E-state index contributed by atoms with van der Waals surface area (Å²) in [4.78, 5) is 7.14. The summed E-state index contributed by atoms with van der Waals surface area (Å²) in [5.74, 6) is -15.9. The number of thioether (sulfide) groups is 2. The summed E-state index contributed by atoms with van der Waals surface area (Å²) in [5.41, 5.74) is -3.23. The molecule has 2 aromatic rings. The van der Waals surface area contributed by atoms with Crippen LogP contribution in [-0.2, 0) is 4.74 Å². The molecule has 0 N–H and O–H groups in total. The van der Waals surface area contributed by atoms with Gasteiger partial charge in [-0.25, -0.2) is 4.99 Å². The van der Waals surface area contributed by atoms with E-state index in [1.807, 2.05) is 0 Å². The zero-order valence-electron chi connectivity index (χ0n) is 17.5. The van der Waals surface area contributed by atoms with Crippen LogP contribution in [0.25, 0.3) is 5.57 Å². The Bertz CT molecular complexity index is 1360. The molecule has 34 heavy (non-hydrogen) atoms. The highest BCUT2D eigenvalue weighted by molar-refractivity contribution is 8.17. The second-order valence-electron chi connectivity index (χ2n) is 8.38. The normalized spacial score (nSPS) is 31.7. The van der Waals surface area contributed by atoms with Crippen molar-refractivity contribution < 1.29 is 31.1 Å². The minimum atomic E-state index is -5.65. The van der Waals surface area contributed by atoms with E-state index in [1.54, 1.807) is 43.3 Å². The Morgan fingerprint density at radius 2 is 1.50 bits per heavy atom. The summed E-state index contributed by atoms with van der Waals surface area (Å²) in [6.45, 7) is 1.55. The number of hydrogen-bond acceptors (Lipinski definition) is 5. The highest BCUT2D eigenvalue weighted by Gasteiger charge is 2.85. The van der Waals surface area contributed by atoms with Crippen LogP contribution in [0.15, 0.2) is 75.4 Å². The molecule has 1 aromatic heterocycles. The molecule has 11 heteroatoms. The maximum atomic E-state index is 15.3. The van der Waals surface area contributed by atoms with E-state index in [4.69, 9.17) is 4.74 Å². The Morgan fingerprint density at radius 3 is 2.18 bits per heavy atom. The first-order valence-corrected chi connectivity index (χ1v) is 11.7. The van der Waals surface area contributed by atoms with Crippen LogP contribution in [0, 0.1) is 0 Å². The molecule has 0 unspecified atom stereocenters. The number of aromatic nitrogens is 1. The van der Waals surface area contributed by atoms with E-state index in [0.29, 0.717) is 10.6 Å². The van der Waals surface area contributed by atoms with Gasteiger partial charge in [-0.05, 0) is 36.3 Å². The van der Waals surface area contributed by atoms with Gasteiger partial charge in [-0.2, -0.15) is 26.3 Å². The van der Waals surface area contributed by atoms with E-state index in [-0.39, 0.29) is 16.2 Å². The fourth-order valence-electron chi connectivity index (χ4n) is 5.13. The number of fused-ring (bicyclic) bond motifs is 6. The maximum absolute atomic E-state index is 15.3. The summed E-state index contributed by atoms with van der Waals surface area (Å²) in [7, 11) is 1.24. The van der Waals surface area contributed by atoms with Crippen LogP contribution >= 0.6 is 23.5 Å². The lowest BCUT2D eigenvalue weighted by Crippen LogP contribution is -2.51. The van der Waals surface area contributed by atoms with Crippen molar-refractivity contribution in [2.24, 2.45) is 4.99 Å². The monoisotopic (exact) mass is 512 g/mol. The first-order valence-electron chi connectivity index (χ1n) is 10.1. The summed E-state index contributed by atoms with van der Waals surface area (Å²) in [5, 5.41) is 0.123. The lowest BCUT2D eigenvalue weighted by atomic mass is 9.76. The van der Waals surface area contributed by atoms with Crippen molar-refractivity contribution in [2.75, 3.05) is 7.11 Å². The van der Waals surface area contributed by atoms with Crippen molar-refractivity contribution in [2.45, 2.75) is 39.3 Å². The van der Waals surface area contributed by atoms with Crippen molar-refractivity contribution in [3.8, 4) is 0 Å². The molecule has 176 valence electrons. The summed E-state index contributed by atoms with van der Waals surface area (Å²) in [6.07, 6.45) is 1.46. The van der Waals surface area contributed by atoms with Gasteiger partial charge in [0.05, 0.1) is 21.7 Å². The second-order valence-corrected chi connectivity index (χ2v) is 11.0. The van der Waals surface area contributed by atoms with Gasteiger partial charge in [-0.3, -0.25) is 4.98 Å². The Hall–Kier alpha value is -2.24.